The third-order valence-corrected chi connectivity index (χ3v) is 17.5. The molecule has 7 heterocycles. The van der Waals surface area contributed by atoms with Gasteiger partial charge in [-0.3, -0.25) is 22.8 Å². The summed E-state index contributed by atoms with van der Waals surface area (Å²) in [4.78, 5) is 13.0. The molecule has 34 nitrogen and oxygen atoms in total. The van der Waals surface area contributed by atoms with Gasteiger partial charge in [-0.2, -0.15) is 42.1 Å². The van der Waals surface area contributed by atoms with Crippen LogP contribution in [-0.4, -0.2) is 218 Å². The van der Waals surface area contributed by atoms with Crippen LogP contribution in [0.4, 0.5) is 0 Å². The first-order valence-electron chi connectivity index (χ1n) is 24.5. The minimum atomic E-state index is -5.87. The number of carbonyl (C=O) groups is 1. The Bertz CT molecular complexity index is 2660. The van der Waals surface area contributed by atoms with Gasteiger partial charge in [0.2, 0.25) is 5.79 Å². The zero-order valence-corrected chi connectivity index (χ0v) is 47.7. The first-order valence-corrected chi connectivity index (χ1v) is 31.3. The summed E-state index contributed by atoms with van der Waals surface area (Å²) < 4.78 is 261. The van der Waals surface area contributed by atoms with Crippen molar-refractivity contribution in [2.45, 2.75) is 179 Å². The van der Waals surface area contributed by atoms with Gasteiger partial charge in [0.1, 0.15) is 56.1 Å². The van der Waals surface area contributed by atoms with Crippen LogP contribution in [0.2, 0.25) is 0 Å². The van der Waals surface area contributed by atoms with E-state index in [0.29, 0.717) is 0 Å². The average Bonchev–Trinajstić information content (AvgIpc) is 3.48. The van der Waals surface area contributed by atoms with E-state index >= 15 is 0 Å². The molecule has 0 amide bonds. The smallest absolute Gasteiger partial charge is 0.397 e. The summed E-state index contributed by atoms with van der Waals surface area (Å²) in [5, 5.41) is 20.8. The summed E-state index contributed by atoms with van der Waals surface area (Å²) in [7, 11) is -27.1. The van der Waals surface area contributed by atoms with E-state index in [9.17, 15) is 79.9 Å². The number of aliphatic carboxylic acids is 1. The fourth-order valence-electron chi connectivity index (χ4n) is 10.8. The van der Waals surface area contributed by atoms with Crippen molar-refractivity contribution in [3.8, 4) is 0 Å². The van der Waals surface area contributed by atoms with Crippen LogP contribution < -0.4 is 0 Å². The van der Waals surface area contributed by atoms with E-state index in [2.05, 4.69) is 8.37 Å². The van der Waals surface area contributed by atoms with Crippen molar-refractivity contribution in [2.24, 2.45) is 41.4 Å². The van der Waals surface area contributed by atoms with Gasteiger partial charge in [-0.25, -0.2) is 25.7 Å². The molecule has 2 bridgehead atoms. The molecule has 0 aliphatic carbocycles. The molecule has 7 aliphatic heterocycles. The summed E-state index contributed by atoms with van der Waals surface area (Å²) in [6.45, 7) is 10.3. The van der Waals surface area contributed by atoms with Gasteiger partial charge in [0.25, 0.3) is 0 Å². The molecule has 7 N–H and O–H groups in total. The van der Waals surface area contributed by atoms with Crippen LogP contribution in [0.15, 0.2) is 0 Å². The topological polar surface area (TPSA) is 477 Å². The molecule has 7 rings (SSSR count). The second kappa shape index (κ2) is 25.5. The maximum atomic E-state index is 13.0. The highest BCUT2D eigenvalue weighted by Gasteiger charge is 2.65. The van der Waals surface area contributed by atoms with Crippen LogP contribution in [0.25, 0.3) is 0 Å². The van der Waals surface area contributed by atoms with Crippen molar-refractivity contribution in [1.82, 2.24) is 0 Å². The number of carboxylic acids is 1. The van der Waals surface area contributed by atoms with E-state index in [0.717, 1.165) is 0 Å². The minimum Gasteiger partial charge on any atom is -0.479 e. The molecule has 7 saturated heterocycles. The summed E-state index contributed by atoms with van der Waals surface area (Å²) in [5.41, 5.74) is 0. The first kappa shape index (κ1) is 66.5. The zero-order valence-electron chi connectivity index (χ0n) is 43.6. The highest BCUT2D eigenvalue weighted by atomic mass is 32.3. The lowest BCUT2D eigenvalue weighted by Gasteiger charge is -2.58. The summed E-state index contributed by atoms with van der Waals surface area (Å²) in [6.07, 6.45) is -28.5. The lowest BCUT2D eigenvalue weighted by Crippen LogP contribution is -2.73. The van der Waals surface area contributed by atoms with Gasteiger partial charge in [0.05, 0.1) is 37.6 Å². The second-order valence-electron chi connectivity index (χ2n) is 20.2. The van der Waals surface area contributed by atoms with Gasteiger partial charge in [-0.1, -0.05) is 55.4 Å². The van der Waals surface area contributed by atoms with Crippen LogP contribution in [0.1, 0.15) is 68.7 Å². The molecule has 7 aliphatic rings. The van der Waals surface area contributed by atoms with E-state index in [1.54, 1.807) is 34.6 Å². The average molecular weight is 1250 g/mol. The molecule has 462 valence electrons. The molecule has 7 fully saturated rings. The molecular formula is C40H68O34S5. The standard InChI is InChI=1S/C40H68O34S5/c1-10-23-27(20(7)26(22(9)63-23)72-77(50,51)52)66-39-29-21(8)34(40(71-39,13-59-29)60-14-41)70-38-33(74-79(56,57)58)31(73-78(53,54)55)30(25(65-38)12-62-76(47,48)49)68-37-19(6)17(4)28(32(69-37)35(42)43)67-36-18(5)15(2)16(3)24(64-36)11-61-75(44,45)46/h15-34,36-39,41H,10-14H2,1-9H3,(H,42,43)(H,44,45,46)(H,47,48,49)(H,50,51,52)(H,53,54,55)(H,56,57,58)/t15?,16-,17?,18?,19?,20?,21+,22+,23-,24-,25?,26?,27-,28-,29+,30?,31-,32+,33?,34?,36+,37+,38-,39+,40?/m0/s1. The lowest BCUT2D eigenvalue weighted by molar-refractivity contribution is -0.479. The largest absolute Gasteiger partial charge is 0.479 e. The van der Waals surface area contributed by atoms with E-state index in [-0.39, 0.29) is 18.3 Å². The minimum absolute atomic E-state index is 0.278. The van der Waals surface area contributed by atoms with Gasteiger partial charge < -0.3 is 62.3 Å². The molecule has 0 aromatic carbocycles. The van der Waals surface area contributed by atoms with Gasteiger partial charge >= 0.3 is 58.0 Å². The van der Waals surface area contributed by atoms with Crippen molar-refractivity contribution in [3.05, 3.63) is 0 Å². The van der Waals surface area contributed by atoms with E-state index < -0.39 is 224 Å². The Morgan fingerprint density at radius 1 is 0.506 bits per heavy atom. The van der Waals surface area contributed by atoms with Crippen LogP contribution in [0, 0.1) is 41.4 Å². The third kappa shape index (κ3) is 16.4. The SMILES string of the molecule is CC[C@@H]1O[C@H](C)C(OS(=O)(=O)O)C(C)[C@@H]1O[C@@H]1OC2(OCO)CO[C@@H]1[C@@H](C)C2O[C@@H]1OC(COS(=O)(=O)O)C(O[C@@H]2O[C@@H](C(=O)O)[C@@H](O[C@H]3O[C@@H](COS(=O)(=O)O)[C@@H](C)C(C)C3C)C(C)C2C)[C@H](OS(=O)(=O)O)C1OS(=O)(=O)O. The van der Waals surface area contributed by atoms with Crippen LogP contribution in [-0.2, 0) is 130 Å². The predicted molar refractivity (Wildman–Crippen MR) is 252 cm³/mol. The van der Waals surface area contributed by atoms with Crippen LogP contribution in [0.5, 0.6) is 0 Å². The number of hydrogen-bond donors (Lipinski definition) is 7. The first-order chi connectivity index (χ1) is 36.3. The number of ether oxygens (including phenoxy) is 11. The monoisotopic (exact) mass is 1250 g/mol. The molecule has 0 aromatic heterocycles. The molecule has 0 saturated carbocycles. The Morgan fingerprint density at radius 3 is 1.56 bits per heavy atom. The third-order valence-electron chi connectivity index (χ3n) is 15.2. The maximum Gasteiger partial charge on any atom is 0.397 e. The Balaban J connectivity index is 1.33. The molecular weight excluding hydrogens is 1180 g/mol. The van der Waals surface area contributed by atoms with E-state index in [1.807, 2.05) is 0 Å². The molecule has 11 unspecified atom stereocenters. The number of aliphatic hydroxyl groups excluding tert-OH is 1. The number of carboxylic acid groups (broad SMARTS) is 1. The Kier molecular flexibility index (Phi) is 21.5. The fraction of sp³-hybridized carbons (Fsp3) is 0.975. The van der Waals surface area contributed by atoms with E-state index in [1.165, 1.54) is 27.7 Å². The molecule has 25 atom stereocenters. The molecule has 0 aromatic rings. The van der Waals surface area contributed by atoms with Gasteiger partial charge in [-0.05, 0) is 31.1 Å². The van der Waals surface area contributed by atoms with Gasteiger partial charge in [-0.15, -0.1) is 0 Å². The number of hydrogen-bond acceptors (Lipinski definition) is 28. The summed E-state index contributed by atoms with van der Waals surface area (Å²) in [6, 6.07) is 0. The number of rotatable bonds is 24. The molecule has 79 heavy (non-hydrogen) atoms. The Hall–Kier alpha value is -1.66. The maximum absolute atomic E-state index is 13.0. The van der Waals surface area contributed by atoms with Crippen molar-refractivity contribution < 1.29 is 153 Å². The molecule has 0 radical (unpaired) electrons. The fourth-order valence-corrected chi connectivity index (χ4v) is 13.0. The lowest BCUT2D eigenvalue weighted by atomic mass is 9.78. The van der Waals surface area contributed by atoms with E-state index in [4.69, 9.17) is 64.7 Å². The zero-order chi connectivity index (χ0) is 59.3. The summed E-state index contributed by atoms with van der Waals surface area (Å²) >= 11 is 0. The predicted octanol–water partition coefficient (Wildman–Crippen LogP) is -0.943. The molecule has 0 spiro atoms. The quantitative estimate of drug-likeness (QED) is 0.0453. The molecule has 39 heteroatoms. The van der Waals surface area contributed by atoms with Crippen molar-refractivity contribution in [3.63, 3.8) is 0 Å². The van der Waals surface area contributed by atoms with Crippen molar-refractivity contribution in [2.75, 3.05) is 26.6 Å². The second-order valence-corrected chi connectivity index (χ2v) is 25.6. The Morgan fingerprint density at radius 2 is 1.01 bits per heavy atom. The normalized spacial score (nSPS) is 43.6. The van der Waals surface area contributed by atoms with Crippen molar-refractivity contribution >= 4 is 58.0 Å². The van der Waals surface area contributed by atoms with Crippen LogP contribution in [0.3, 0.4) is 0 Å². The Labute approximate surface area is 456 Å². The highest BCUT2D eigenvalue weighted by Crippen LogP contribution is 2.48. The van der Waals surface area contributed by atoms with Crippen LogP contribution >= 0.6 is 0 Å². The number of aliphatic hydroxyl groups is 1. The summed E-state index contributed by atoms with van der Waals surface area (Å²) in [5.74, 6) is -9.36. The van der Waals surface area contributed by atoms with Gasteiger partial charge in [0, 0.05) is 23.7 Å². The van der Waals surface area contributed by atoms with Crippen molar-refractivity contribution in [1.29, 1.82) is 0 Å². The van der Waals surface area contributed by atoms with Gasteiger partial charge in [0.15, 0.2) is 37.4 Å². The highest BCUT2D eigenvalue weighted by molar-refractivity contribution is 7.81. The number of fused-ring (bicyclic) bond motifs is 3.